The number of nitrogens with zero attached hydrogens (tertiary/aromatic N) is 3. The smallest absolute Gasteiger partial charge is 0.227 e. The Morgan fingerprint density at radius 2 is 2.00 bits per heavy atom. The molecule has 0 aliphatic carbocycles. The van der Waals surface area contributed by atoms with Gasteiger partial charge in [0.05, 0.1) is 12.2 Å². The summed E-state index contributed by atoms with van der Waals surface area (Å²) in [6.45, 7) is 7.37. The maximum absolute atomic E-state index is 12.2. The van der Waals surface area contributed by atoms with Crippen LogP contribution in [0.1, 0.15) is 45.3 Å². The van der Waals surface area contributed by atoms with Gasteiger partial charge in [-0.25, -0.2) is 0 Å². The molecule has 0 saturated carbocycles. The monoisotopic (exact) mass is 281 g/mol. The number of morpholine rings is 1. The summed E-state index contributed by atoms with van der Waals surface area (Å²) in [5.74, 6) is 1.40. The van der Waals surface area contributed by atoms with E-state index in [1.807, 2.05) is 18.7 Å². The molecule has 0 bridgehead atoms. The highest BCUT2D eigenvalue weighted by molar-refractivity contribution is 5.76. The summed E-state index contributed by atoms with van der Waals surface area (Å²) in [6.07, 6.45) is 2.92. The van der Waals surface area contributed by atoms with Gasteiger partial charge in [0.1, 0.15) is 0 Å². The van der Waals surface area contributed by atoms with Crippen LogP contribution in [0.5, 0.6) is 0 Å². The van der Waals surface area contributed by atoms with Crippen LogP contribution in [0.3, 0.4) is 0 Å². The first-order valence-electron chi connectivity index (χ1n) is 7.33. The average Bonchev–Trinajstić information content (AvgIpc) is 2.83. The van der Waals surface area contributed by atoms with E-state index in [9.17, 15) is 4.79 Å². The second kappa shape index (κ2) is 6.83. The number of hydrogen-bond donors (Lipinski definition) is 0. The van der Waals surface area contributed by atoms with Crippen molar-refractivity contribution < 1.29 is 14.1 Å². The second-order valence-electron chi connectivity index (χ2n) is 5.41. The van der Waals surface area contributed by atoms with Gasteiger partial charge in [0.25, 0.3) is 0 Å². The average molecular weight is 281 g/mol. The molecule has 2 atom stereocenters. The zero-order valence-corrected chi connectivity index (χ0v) is 12.5. The van der Waals surface area contributed by atoms with Gasteiger partial charge in [-0.3, -0.25) is 4.79 Å². The van der Waals surface area contributed by atoms with Crippen molar-refractivity contribution in [1.82, 2.24) is 15.0 Å². The van der Waals surface area contributed by atoms with E-state index in [4.69, 9.17) is 9.26 Å². The summed E-state index contributed by atoms with van der Waals surface area (Å²) < 4.78 is 10.8. The zero-order chi connectivity index (χ0) is 14.5. The molecule has 6 heteroatoms. The molecule has 0 N–H and O–H groups in total. The van der Waals surface area contributed by atoms with Gasteiger partial charge in [-0.1, -0.05) is 12.1 Å². The molecule has 1 aromatic heterocycles. The van der Waals surface area contributed by atoms with Gasteiger partial charge < -0.3 is 14.2 Å². The van der Waals surface area contributed by atoms with Crippen molar-refractivity contribution in [2.45, 2.75) is 58.7 Å². The van der Waals surface area contributed by atoms with Crippen LogP contribution in [0.25, 0.3) is 0 Å². The predicted molar refractivity (Wildman–Crippen MR) is 73.2 cm³/mol. The van der Waals surface area contributed by atoms with E-state index in [1.165, 1.54) is 0 Å². The van der Waals surface area contributed by atoms with Crippen LogP contribution in [0.2, 0.25) is 0 Å². The van der Waals surface area contributed by atoms with Gasteiger partial charge in [-0.15, -0.1) is 0 Å². The number of amides is 1. The lowest BCUT2D eigenvalue weighted by Gasteiger charge is -2.35. The normalized spacial score (nSPS) is 23.1. The van der Waals surface area contributed by atoms with Crippen molar-refractivity contribution in [3.8, 4) is 0 Å². The van der Waals surface area contributed by atoms with Crippen molar-refractivity contribution >= 4 is 5.91 Å². The van der Waals surface area contributed by atoms with E-state index < -0.39 is 0 Å². The van der Waals surface area contributed by atoms with E-state index in [-0.39, 0.29) is 18.1 Å². The van der Waals surface area contributed by atoms with Crippen molar-refractivity contribution in [3.63, 3.8) is 0 Å². The molecule has 112 valence electrons. The molecule has 0 unspecified atom stereocenters. The molecule has 1 aromatic rings. The fourth-order valence-corrected chi connectivity index (χ4v) is 2.47. The number of carbonyl (C=O) groups is 1. The molecule has 1 aliphatic heterocycles. The summed E-state index contributed by atoms with van der Waals surface area (Å²) >= 11 is 0. The van der Waals surface area contributed by atoms with Crippen molar-refractivity contribution in [2.75, 3.05) is 13.1 Å². The van der Waals surface area contributed by atoms with E-state index in [2.05, 4.69) is 17.1 Å². The van der Waals surface area contributed by atoms with Crippen LogP contribution >= 0.6 is 0 Å². The molecular weight excluding hydrogens is 258 g/mol. The SMILES string of the molecule is CCCc1noc(CCC(=O)N2C[C@@H](C)O[C@@H](C)C2)n1. The van der Waals surface area contributed by atoms with Gasteiger partial charge in [0.2, 0.25) is 11.8 Å². The Labute approximate surface area is 119 Å². The third-order valence-corrected chi connectivity index (χ3v) is 3.31. The Balaban J connectivity index is 1.81. The molecule has 1 amide bonds. The largest absolute Gasteiger partial charge is 0.372 e. The van der Waals surface area contributed by atoms with Crippen molar-refractivity contribution in [2.24, 2.45) is 0 Å². The molecule has 6 nitrogen and oxygen atoms in total. The highest BCUT2D eigenvalue weighted by Gasteiger charge is 2.25. The van der Waals surface area contributed by atoms with Crippen molar-refractivity contribution in [1.29, 1.82) is 0 Å². The standard InChI is InChI=1S/C14H23N3O3/c1-4-5-12-15-13(20-16-12)6-7-14(18)17-8-10(2)19-11(3)9-17/h10-11H,4-9H2,1-3H3/t10-,11+. The van der Waals surface area contributed by atoms with E-state index >= 15 is 0 Å². The van der Waals surface area contributed by atoms with Crippen LogP contribution in [0.4, 0.5) is 0 Å². The Bertz CT molecular complexity index is 437. The molecule has 0 radical (unpaired) electrons. The number of carbonyl (C=O) groups excluding carboxylic acids is 1. The fraction of sp³-hybridized carbons (Fsp3) is 0.786. The first-order chi connectivity index (χ1) is 9.58. The quantitative estimate of drug-likeness (QED) is 0.820. The third kappa shape index (κ3) is 4.03. The topological polar surface area (TPSA) is 68.5 Å². The highest BCUT2D eigenvalue weighted by Crippen LogP contribution is 2.13. The lowest BCUT2D eigenvalue weighted by atomic mass is 10.2. The minimum atomic E-state index is 0.0993. The molecule has 0 spiro atoms. The van der Waals surface area contributed by atoms with Crippen LogP contribution < -0.4 is 0 Å². The van der Waals surface area contributed by atoms with Crippen LogP contribution in [0.15, 0.2) is 4.52 Å². The van der Waals surface area contributed by atoms with Crippen molar-refractivity contribution in [3.05, 3.63) is 11.7 Å². The van der Waals surface area contributed by atoms with E-state index in [0.717, 1.165) is 18.7 Å². The molecule has 0 aromatic carbocycles. The molecule has 1 fully saturated rings. The van der Waals surface area contributed by atoms with Gasteiger partial charge in [-0.2, -0.15) is 4.98 Å². The highest BCUT2D eigenvalue weighted by atomic mass is 16.5. The maximum Gasteiger partial charge on any atom is 0.227 e. The first-order valence-corrected chi connectivity index (χ1v) is 7.33. The van der Waals surface area contributed by atoms with Gasteiger partial charge in [0.15, 0.2) is 5.82 Å². The van der Waals surface area contributed by atoms with E-state index in [1.54, 1.807) is 0 Å². The Kier molecular flexibility index (Phi) is 5.11. The van der Waals surface area contributed by atoms with Crippen LogP contribution in [-0.2, 0) is 22.4 Å². The summed E-state index contributed by atoms with van der Waals surface area (Å²) in [7, 11) is 0. The van der Waals surface area contributed by atoms with Crippen LogP contribution in [0, 0.1) is 0 Å². The summed E-state index contributed by atoms with van der Waals surface area (Å²) in [6, 6.07) is 0. The predicted octanol–water partition coefficient (Wildman–Crippen LogP) is 1.59. The summed E-state index contributed by atoms with van der Waals surface area (Å²) in [5, 5.41) is 3.89. The zero-order valence-electron chi connectivity index (χ0n) is 12.5. The minimum absolute atomic E-state index is 0.0993. The van der Waals surface area contributed by atoms with Gasteiger partial charge >= 0.3 is 0 Å². The lowest BCUT2D eigenvalue weighted by Crippen LogP contribution is -2.48. The molecule has 1 saturated heterocycles. The summed E-state index contributed by atoms with van der Waals surface area (Å²) in [5.41, 5.74) is 0. The number of aryl methyl sites for hydroxylation is 2. The molecule has 20 heavy (non-hydrogen) atoms. The van der Waals surface area contributed by atoms with Crippen LogP contribution in [-0.4, -0.2) is 46.2 Å². The second-order valence-corrected chi connectivity index (χ2v) is 5.41. The Morgan fingerprint density at radius 3 is 2.65 bits per heavy atom. The van der Waals surface area contributed by atoms with E-state index in [0.29, 0.717) is 31.8 Å². The minimum Gasteiger partial charge on any atom is -0.372 e. The third-order valence-electron chi connectivity index (χ3n) is 3.31. The molecule has 1 aliphatic rings. The lowest BCUT2D eigenvalue weighted by molar-refractivity contribution is -0.143. The number of aromatic nitrogens is 2. The first kappa shape index (κ1) is 15.0. The van der Waals surface area contributed by atoms with Gasteiger partial charge in [-0.05, 0) is 20.3 Å². The van der Waals surface area contributed by atoms with Gasteiger partial charge in [0, 0.05) is 32.4 Å². The maximum atomic E-state index is 12.2. The Hall–Kier alpha value is -1.43. The number of hydrogen-bond acceptors (Lipinski definition) is 5. The number of rotatable bonds is 5. The molecule has 2 rings (SSSR count). The fourth-order valence-electron chi connectivity index (χ4n) is 2.47. The summed E-state index contributed by atoms with van der Waals surface area (Å²) in [4.78, 5) is 18.3. The molecular formula is C14H23N3O3. The Morgan fingerprint density at radius 1 is 1.30 bits per heavy atom. The molecule has 2 heterocycles. The number of ether oxygens (including phenoxy) is 1.